The molecule has 0 bridgehead atoms. The molecule has 1 aliphatic heterocycles. The predicted molar refractivity (Wildman–Crippen MR) is 101 cm³/mol. The Morgan fingerprint density at radius 3 is 2.36 bits per heavy atom. The molecule has 0 atom stereocenters. The molecular formula is C19H18ClN3O2. The molecule has 1 N–H and O–H groups in total. The fourth-order valence-corrected chi connectivity index (χ4v) is 2.67. The molecule has 5 nitrogen and oxygen atoms in total. The number of aryl methyl sites for hydroxylation is 1. The summed E-state index contributed by atoms with van der Waals surface area (Å²) in [5.41, 5.74) is 5.93. The fraction of sp³-hybridized carbons (Fsp3) is 0.158. The lowest BCUT2D eigenvalue weighted by Crippen LogP contribution is -2.35. The Hall–Kier alpha value is -2.79. The van der Waals surface area contributed by atoms with Gasteiger partial charge in [0.15, 0.2) is 0 Å². The zero-order valence-corrected chi connectivity index (χ0v) is 15.0. The van der Waals surface area contributed by atoms with Crippen molar-refractivity contribution in [2.45, 2.75) is 6.92 Å². The molecule has 2 aromatic rings. The maximum atomic E-state index is 12.6. The minimum Gasteiger partial charge on any atom is -0.378 e. The van der Waals surface area contributed by atoms with Crippen LogP contribution in [0.15, 0.2) is 48.0 Å². The lowest BCUT2D eigenvalue weighted by atomic mass is 10.1. The second-order valence-corrected chi connectivity index (χ2v) is 6.47. The third kappa shape index (κ3) is 3.37. The van der Waals surface area contributed by atoms with Gasteiger partial charge in [0.2, 0.25) is 0 Å². The van der Waals surface area contributed by atoms with Gasteiger partial charge < -0.3 is 4.90 Å². The summed E-state index contributed by atoms with van der Waals surface area (Å²) in [5.74, 6) is -0.833. The number of hydrazine groups is 1. The van der Waals surface area contributed by atoms with Gasteiger partial charge >= 0.3 is 0 Å². The van der Waals surface area contributed by atoms with E-state index in [4.69, 9.17) is 11.6 Å². The minimum absolute atomic E-state index is 0.0919. The van der Waals surface area contributed by atoms with E-state index >= 15 is 0 Å². The van der Waals surface area contributed by atoms with E-state index in [1.165, 1.54) is 5.01 Å². The molecular weight excluding hydrogens is 338 g/mol. The van der Waals surface area contributed by atoms with E-state index in [1.54, 1.807) is 24.3 Å². The van der Waals surface area contributed by atoms with Gasteiger partial charge in [-0.05, 0) is 48.4 Å². The molecule has 1 saturated heterocycles. The molecule has 0 spiro atoms. The van der Waals surface area contributed by atoms with Crippen LogP contribution < -0.4 is 15.3 Å². The van der Waals surface area contributed by atoms with Crippen molar-refractivity contribution in [3.05, 3.63) is 64.2 Å². The number of amides is 2. The maximum Gasteiger partial charge on any atom is 0.282 e. The van der Waals surface area contributed by atoms with Crippen molar-refractivity contribution < 1.29 is 9.59 Å². The van der Waals surface area contributed by atoms with E-state index in [9.17, 15) is 9.59 Å². The van der Waals surface area contributed by atoms with Crippen molar-refractivity contribution >= 4 is 40.9 Å². The lowest BCUT2D eigenvalue weighted by Gasteiger charge is -2.15. The number of nitrogens with one attached hydrogen (secondary N) is 1. The fourth-order valence-electron chi connectivity index (χ4n) is 2.50. The van der Waals surface area contributed by atoms with Gasteiger partial charge in [0.25, 0.3) is 11.8 Å². The first-order valence-corrected chi connectivity index (χ1v) is 8.15. The smallest absolute Gasteiger partial charge is 0.282 e. The Kier molecular flexibility index (Phi) is 4.51. The predicted octanol–water partition coefficient (Wildman–Crippen LogP) is 3.18. The number of carbonyl (C=O) groups excluding carboxylic acids is 2. The molecule has 0 saturated carbocycles. The Labute approximate surface area is 151 Å². The first kappa shape index (κ1) is 17.0. The Balaban J connectivity index is 1.89. The number of halogens is 1. The van der Waals surface area contributed by atoms with Crippen LogP contribution in [0.25, 0.3) is 6.08 Å². The molecule has 0 aromatic heterocycles. The van der Waals surface area contributed by atoms with E-state index in [0.717, 1.165) is 16.8 Å². The van der Waals surface area contributed by atoms with Crippen LogP contribution in [0.1, 0.15) is 11.1 Å². The molecule has 1 aliphatic rings. The molecule has 0 aliphatic carbocycles. The number of benzene rings is 2. The first-order chi connectivity index (χ1) is 11.9. The van der Waals surface area contributed by atoms with Crippen LogP contribution in [0.4, 0.5) is 11.4 Å². The van der Waals surface area contributed by atoms with Crippen molar-refractivity contribution in [2.24, 2.45) is 0 Å². The van der Waals surface area contributed by atoms with Gasteiger partial charge in [-0.1, -0.05) is 29.8 Å². The molecule has 0 radical (unpaired) electrons. The van der Waals surface area contributed by atoms with Crippen LogP contribution in [0, 0.1) is 6.92 Å². The molecule has 1 heterocycles. The second-order valence-electron chi connectivity index (χ2n) is 6.06. The van der Waals surface area contributed by atoms with Gasteiger partial charge in [0.05, 0.1) is 5.69 Å². The van der Waals surface area contributed by atoms with Crippen molar-refractivity contribution in [1.82, 2.24) is 5.43 Å². The van der Waals surface area contributed by atoms with Crippen molar-refractivity contribution in [2.75, 3.05) is 24.0 Å². The Morgan fingerprint density at radius 2 is 1.76 bits per heavy atom. The number of nitrogens with zero attached hydrogens (tertiary/aromatic N) is 2. The highest BCUT2D eigenvalue weighted by molar-refractivity contribution is 6.33. The zero-order valence-electron chi connectivity index (χ0n) is 14.2. The average molecular weight is 356 g/mol. The first-order valence-electron chi connectivity index (χ1n) is 7.77. The van der Waals surface area contributed by atoms with Crippen molar-refractivity contribution in [3.8, 4) is 0 Å². The monoisotopic (exact) mass is 355 g/mol. The molecule has 6 heteroatoms. The SMILES string of the molecule is Cc1ccc(N2NC(=O)/C(=C/c3ccc(N(C)C)cc3)C2=O)cc1Cl. The van der Waals surface area contributed by atoms with E-state index in [0.29, 0.717) is 10.7 Å². The second kappa shape index (κ2) is 6.61. The van der Waals surface area contributed by atoms with Gasteiger partial charge in [-0.25, -0.2) is 5.01 Å². The highest BCUT2D eigenvalue weighted by atomic mass is 35.5. The largest absolute Gasteiger partial charge is 0.378 e. The summed E-state index contributed by atoms with van der Waals surface area (Å²) in [4.78, 5) is 26.8. The van der Waals surface area contributed by atoms with Crippen LogP contribution in [0.2, 0.25) is 5.02 Å². The number of rotatable bonds is 3. The molecule has 128 valence electrons. The van der Waals surface area contributed by atoms with Gasteiger partial charge in [0, 0.05) is 24.8 Å². The summed E-state index contributed by atoms with van der Waals surface area (Å²) in [6.45, 7) is 1.87. The summed E-state index contributed by atoms with van der Waals surface area (Å²) in [6.07, 6.45) is 1.59. The molecule has 2 aromatic carbocycles. The van der Waals surface area contributed by atoms with Crippen LogP contribution >= 0.6 is 11.6 Å². The molecule has 25 heavy (non-hydrogen) atoms. The topological polar surface area (TPSA) is 52.7 Å². The summed E-state index contributed by atoms with van der Waals surface area (Å²) >= 11 is 6.11. The quantitative estimate of drug-likeness (QED) is 0.679. The highest BCUT2D eigenvalue weighted by Crippen LogP contribution is 2.26. The third-order valence-corrected chi connectivity index (χ3v) is 4.43. The van der Waals surface area contributed by atoms with E-state index < -0.39 is 11.8 Å². The highest BCUT2D eigenvalue weighted by Gasteiger charge is 2.34. The summed E-state index contributed by atoms with van der Waals surface area (Å²) in [7, 11) is 3.90. The Morgan fingerprint density at radius 1 is 1.08 bits per heavy atom. The van der Waals surface area contributed by atoms with E-state index in [2.05, 4.69) is 5.43 Å². The van der Waals surface area contributed by atoms with Crippen LogP contribution in [0.3, 0.4) is 0 Å². The van der Waals surface area contributed by atoms with Crippen LogP contribution in [-0.4, -0.2) is 25.9 Å². The maximum absolute atomic E-state index is 12.6. The molecule has 2 amide bonds. The Bertz CT molecular complexity index is 873. The number of carbonyl (C=O) groups is 2. The standard InChI is InChI=1S/C19H18ClN3O2/c1-12-4-7-15(11-17(12)20)23-19(25)16(18(24)21-23)10-13-5-8-14(9-6-13)22(2)3/h4-11H,1-3H3,(H,21,24)/b16-10-. The lowest BCUT2D eigenvalue weighted by molar-refractivity contribution is -0.117. The summed E-state index contributed by atoms with van der Waals surface area (Å²) in [6, 6.07) is 12.8. The van der Waals surface area contributed by atoms with E-state index in [1.807, 2.05) is 50.2 Å². The third-order valence-electron chi connectivity index (χ3n) is 4.03. The average Bonchev–Trinajstić information content (AvgIpc) is 2.86. The molecule has 1 fully saturated rings. The van der Waals surface area contributed by atoms with Gasteiger partial charge in [-0.2, -0.15) is 0 Å². The van der Waals surface area contributed by atoms with Crippen molar-refractivity contribution in [3.63, 3.8) is 0 Å². The number of anilines is 2. The van der Waals surface area contributed by atoms with Crippen LogP contribution in [-0.2, 0) is 9.59 Å². The van der Waals surface area contributed by atoms with Gasteiger partial charge in [0.1, 0.15) is 5.57 Å². The van der Waals surface area contributed by atoms with Crippen LogP contribution in [0.5, 0.6) is 0 Å². The summed E-state index contributed by atoms with van der Waals surface area (Å²) in [5, 5.41) is 1.75. The normalized spacial score (nSPS) is 15.7. The molecule has 0 unspecified atom stereocenters. The summed E-state index contributed by atoms with van der Waals surface area (Å²) < 4.78 is 0. The molecule has 3 rings (SSSR count). The van der Waals surface area contributed by atoms with E-state index in [-0.39, 0.29) is 5.57 Å². The number of hydrogen-bond donors (Lipinski definition) is 1. The van der Waals surface area contributed by atoms with Gasteiger partial charge in [-0.15, -0.1) is 0 Å². The van der Waals surface area contributed by atoms with Crippen molar-refractivity contribution in [1.29, 1.82) is 0 Å². The zero-order chi connectivity index (χ0) is 18.1. The minimum atomic E-state index is -0.432. The number of hydrogen-bond acceptors (Lipinski definition) is 3. The van der Waals surface area contributed by atoms with Gasteiger partial charge in [-0.3, -0.25) is 15.0 Å².